The molecule has 0 saturated heterocycles. The number of Topliss-reactive ketones (excluding diaryl/α,β-unsaturated/α-hetero) is 1. The van der Waals surface area contributed by atoms with Gasteiger partial charge in [0.25, 0.3) is 0 Å². The average molecular weight is 316 g/mol. The van der Waals surface area contributed by atoms with Gasteiger partial charge in [-0.15, -0.1) is 0 Å². The molecule has 0 aromatic heterocycles. The fourth-order valence-corrected chi connectivity index (χ4v) is 2.09. The molecule has 0 aliphatic carbocycles. The van der Waals surface area contributed by atoms with Crippen LogP contribution in [-0.2, 0) is 0 Å². The number of hydrogen-bond acceptors (Lipinski definition) is 2. The molecule has 0 fully saturated rings. The normalized spacial score (nSPS) is 10.3. The molecular formula is C14H9Cl3O2. The van der Waals surface area contributed by atoms with E-state index in [-0.39, 0.29) is 17.4 Å². The molecule has 0 N–H and O–H groups in total. The maximum absolute atomic E-state index is 11.9. The summed E-state index contributed by atoms with van der Waals surface area (Å²) in [4.78, 5) is 11.9. The van der Waals surface area contributed by atoms with Crippen LogP contribution >= 0.6 is 34.8 Å². The van der Waals surface area contributed by atoms with Crippen molar-refractivity contribution in [3.63, 3.8) is 0 Å². The van der Waals surface area contributed by atoms with Crippen LogP contribution in [0.3, 0.4) is 0 Å². The predicted octanol–water partition coefficient (Wildman–Crippen LogP) is 4.91. The summed E-state index contributed by atoms with van der Waals surface area (Å²) in [5.74, 6) is 0.149. The quantitative estimate of drug-likeness (QED) is 0.749. The van der Waals surface area contributed by atoms with E-state index in [0.717, 1.165) is 0 Å². The van der Waals surface area contributed by atoms with Crippen LogP contribution in [0.2, 0.25) is 15.1 Å². The Balaban J connectivity index is 2.09. The Kier molecular flexibility index (Phi) is 4.70. The highest BCUT2D eigenvalue weighted by Crippen LogP contribution is 2.31. The van der Waals surface area contributed by atoms with Gasteiger partial charge in [0.2, 0.25) is 5.78 Å². The van der Waals surface area contributed by atoms with Crippen molar-refractivity contribution in [2.24, 2.45) is 0 Å². The summed E-state index contributed by atoms with van der Waals surface area (Å²) in [5, 5.41) is 1.06. The molecule has 98 valence electrons. The van der Waals surface area contributed by atoms with Crippen LogP contribution in [0.15, 0.2) is 42.5 Å². The van der Waals surface area contributed by atoms with Crippen molar-refractivity contribution in [3.05, 3.63) is 63.1 Å². The smallest absolute Gasteiger partial charge is 0.201 e. The summed E-state index contributed by atoms with van der Waals surface area (Å²) in [7, 11) is 0. The van der Waals surface area contributed by atoms with Crippen LogP contribution in [0.4, 0.5) is 0 Å². The molecule has 19 heavy (non-hydrogen) atoms. The van der Waals surface area contributed by atoms with E-state index in [2.05, 4.69) is 0 Å². The molecule has 0 heterocycles. The maximum atomic E-state index is 11.9. The highest BCUT2D eigenvalue weighted by Gasteiger charge is 2.12. The minimum atomic E-state index is -0.221. The number of halogens is 3. The molecule has 0 aliphatic rings. The number of rotatable bonds is 4. The zero-order chi connectivity index (χ0) is 13.8. The monoisotopic (exact) mass is 314 g/mol. The van der Waals surface area contributed by atoms with E-state index < -0.39 is 0 Å². The van der Waals surface area contributed by atoms with Crippen molar-refractivity contribution in [1.82, 2.24) is 0 Å². The van der Waals surface area contributed by atoms with Gasteiger partial charge in [-0.25, -0.2) is 0 Å². The van der Waals surface area contributed by atoms with Gasteiger partial charge in [0.05, 0.1) is 10.0 Å². The lowest BCUT2D eigenvalue weighted by atomic mass is 10.1. The molecular weight excluding hydrogens is 307 g/mol. The first-order valence-corrected chi connectivity index (χ1v) is 6.57. The van der Waals surface area contributed by atoms with E-state index >= 15 is 0 Å². The summed E-state index contributed by atoms with van der Waals surface area (Å²) >= 11 is 17.7. The van der Waals surface area contributed by atoms with Gasteiger partial charge in [0.1, 0.15) is 10.8 Å². The van der Waals surface area contributed by atoms with Crippen LogP contribution in [0.1, 0.15) is 10.4 Å². The first-order chi connectivity index (χ1) is 9.09. The topological polar surface area (TPSA) is 26.3 Å². The van der Waals surface area contributed by atoms with E-state index in [4.69, 9.17) is 39.5 Å². The lowest BCUT2D eigenvalue weighted by molar-refractivity contribution is 0.0922. The van der Waals surface area contributed by atoms with Crippen molar-refractivity contribution in [2.75, 3.05) is 6.61 Å². The first-order valence-electron chi connectivity index (χ1n) is 5.44. The van der Waals surface area contributed by atoms with Crippen molar-refractivity contribution in [2.45, 2.75) is 0 Å². The lowest BCUT2D eigenvalue weighted by Gasteiger charge is -2.08. The maximum Gasteiger partial charge on any atom is 0.201 e. The van der Waals surface area contributed by atoms with Crippen molar-refractivity contribution in [3.8, 4) is 5.75 Å². The molecule has 2 aromatic rings. The standard InChI is InChI=1S/C14H9Cl3O2/c15-10-5-2-1-4-9(10)12(18)8-19-13-7-3-6-11(16)14(13)17/h1-7H,8H2. The van der Waals surface area contributed by atoms with Crippen molar-refractivity contribution >= 4 is 40.6 Å². The molecule has 0 aliphatic heterocycles. The molecule has 0 bridgehead atoms. The number of benzene rings is 2. The SMILES string of the molecule is O=C(COc1cccc(Cl)c1Cl)c1ccccc1Cl. The van der Waals surface area contributed by atoms with Gasteiger partial charge >= 0.3 is 0 Å². The number of carbonyl (C=O) groups excluding carboxylic acids is 1. The molecule has 2 aromatic carbocycles. The summed E-state index contributed by atoms with van der Waals surface area (Å²) in [6.07, 6.45) is 0. The second-order valence-corrected chi connectivity index (χ2v) is 4.94. The van der Waals surface area contributed by atoms with Crippen molar-refractivity contribution in [1.29, 1.82) is 0 Å². The number of ether oxygens (including phenoxy) is 1. The number of hydrogen-bond donors (Lipinski definition) is 0. The molecule has 5 heteroatoms. The van der Waals surface area contributed by atoms with Gasteiger partial charge in [-0.2, -0.15) is 0 Å². The van der Waals surface area contributed by atoms with Crippen LogP contribution in [0.25, 0.3) is 0 Å². The molecule has 0 saturated carbocycles. The lowest BCUT2D eigenvalue weighted by Crippen LogP contribution is -2.12. The van der Waals surface area contributed by atoms with Crippen molar-refractivity contribution < 1.29 is 9.53 Å². The molecule has 2 nitrogen and oxygen atoms in total. The van der Waals surface area contributed by atoms with E-state index in [1.807, 2.05) is 0 Å². The third kappa shape index (κ3) is 3.41. The van der Waals surface area contributed by atoms with Crippen LogP contribution in [0, 0.1) is 0 Å². The van der Waals surface area contributed by atoms with Gasteiger partial charge in [0.15, 0.2) is 6.61 Å². The number of carbonyl (C=O) groups is 1. The van der Waals surface area contributed by atoms with Gasteiger partial charge in [0, 0.05) is 5.56 Å². The Labute approximate surface area is 125 Å². The summed E-state index contributed by atoms with van der Waals surface area (Å²) < 4.78 is 5.36. The summed E-state index contributed by atoms with van der Waals surface area (Å²) in [5.41, 5.74) is 0.419. The third-order valence-electron chi connectivity index (χ3n) is 2.45. The Hall–Kier alpha value is -1.22. The molecule has 0 amide bonds. The third-order valence-corrected chi connectivity index (χ3v) is 3.58. The largest absolute Gasteiger partial charge is 0.484 e. The van der Waals surface area contributed by atoms with Crippen LogP contribution in [-0.4, -0.2) is 12.4 Å². The zero-order valence-corrected chi connectivity index (χ0v) is 12.0. The van der Waals surface area contributed by atoms with E-state index in [9.17, 15) is 4.79 Å². The van der Waals surface area contributed by atoms with Gasteiger partial charge < -0.3 is 4.74 Å². The molecule has 0 atom stereocenters. The van der Waals surface area contributed by atoms with Gasteiger partial charge in [-0.3, -0.25) is 4.79 Å². The molecule has 0 spiro atoms. The Morgan fingerprint density at radius 2 is 1.63 bits per heavy atom. The minimum absolute atomic E-state index is 0.149. The molecule has 2 rings (SSSR count). The fraction of sp³-hybridized carbons (Fsp3) is 0.0714. The summed E-state index contributed by atoms with van der Waals surface area (Å²) in [6.45, 7) is -0.149. The summed E-state index contributed by atoms with van der Waals surface area (Å²) in [6, 6.07) is 11.8. The Morgan fingerprint density at radius 1 is 0.947 bits per heavy atom. The fourth-order valence-electron chi connectivity index (χ4n) is 1.50. The van der Waals surface area contributed by atoms with E-state index in [0.29, 0.717) is 21.4 Å². The number of ketones is 1. The average Bonchev–Trinajstić information content (AvgIpc) is 2.40. The first kappa shape index (κ1) is 14.2. The van der Waals surface area contributed by atoms with Crippen LogP contribution < -0.4 is 4.74 Å². The second-order valence-electron chi connectivity index (χ2n) is 3.74. The zero-order valence-electron chi connectivity index (χ0n) is 9.70. The second kappa shape index (κ2) is 6.29. The van der Waals surface area contributed by atoms with E-state index in [1.165, 1.54) is 0 Å². The van der Waals surface area contributed by atoms with Gasteiger partial charge in [-0.1, -0.05) is 53.0 Å². The predicted molar refractivity (Wildman–Crippen MR) is 77.7 cm³/mol. The minimum Gasteiger partial charge on any atom is -0.484 e. The highest BCUT2D eigenvalue weighted by atomic mass is 35.5. The molecule has 0 radical (unpaired) electrons. The molecule has 0 unspecified atom stereocenters. The van der Waals surface area contributed by atoms with Crippen LogP contribution in [0.5, 0.6) is 5.75 Å². The Bertz CT molecular complexity index is 611. The van der Waals surface area contributed by atoms with E-state index in [1.54, 1.807) is 42.5 Å². The Morgan fingerprint density at radius 3 is 2.37 bits per heavy atom. The van der Waals surface area contributed by atoms with Gasteiger partial charge in [-0.05, 0) is 24.3 Å². The highest BCUT2D eigenvalue weighted by molar-refractivity contribution is 6.42.